The second kappa shape index (κ2) is 16.0. The van der Waals surface area contributed by atoms with Gasteiger partial charge in [0.2, 0.25) is 0 Å². The van der Waals surface area contributed by atoms with Gasteiger partial charge in [-0.2, -0.15) is 0 Å². The molecule has 11 heteroatoms. The van der Waals surface area contributed by atoms with Gasteiger partial charge >= 0.3 is 5.97 Å². The van der Waals surface area contributed by atoms with Crippen LogP contribution in [0.1, 0.15) is 17.2 Å². The molecule has 0 aromatic heterocycles. The molecule has 1 saturated heterocycles. The van der Waals surface area contributed by atoms with Gasteiger partial charge in [0.15, 0.2) is 0 Å². The van der Waals surface area contributed by atoms with Crippen LogP contribution in [0.25, 0.3) is 0 Å². The summed E-state index contributed by atoms with van der Waals surface area (Å²) in [5.74, 6) is -0.403. The first kappa shape index (κ1) is 29.4. The Balaban J connectivity index is 1.33. The van der Waals surface area contributed by atoms with Crippen molar-refractivity contribution >= 4 is 17.6 Å². The van der Waals surface area contributed by atoms with Gasteiger partial charge in [-0.15, -0.1) is 0 Å². The first-order valence-electron chi connectivity index (χ1n) is 12.4. The summed E-state index contributed by atoms with van der Waals surface area (Å²) in [5.41, 5.74) is 2.49. The molecule has 1 unspecified atom stereocenters. The van der Waals surface area contributed by atoms with Gasteiger partial charge in [0, 0.05) is 50.8 Å². The molecule has 1 heterocycles. The molecule has 0 amide bonds. The first-order chi connectivity index (χ1) is 17.9. The predicted molar refractivity (Wildman–Crippen MR) is 138 cm³/mol. The number of likely N-dealkylation sites (N-methyl/N-ethyl adjacent to an activating group) is 1. The normalized spacial score (nSPS) is 15.8. The highest BCUT2D eigenvalue weighted by atomic mass is 35.5. The molecule has 0 saturated carbocycles. The van der Waals surface area contributed by atoms with E-state index in [4.69, 9.17) is 31.5 Å². The first-order valence-corrected chi connectivity index (χ1v) is 12.8. The average Bonchev–Trinajstić information content (AvgIpc) is 2.89. The number of carbonyl (C=O) groups is 1. The van der Waals surface area contributed by atoms with Crippen LogP contribution < -0.4 is 0 Å². The predicted octanol–water partition coefficient (Wildman–Crippen LogP) is 2.55. The van der Waals surface area contributed by atoms with Crippen molar-refractivity contribution in [1.82, 2.24) is 20.1 Å². The third-order valence-corrected chi connectivity index (χ3v) is 6.51. The van der Waals surface area contributed by atoms with E-state index in [0.29, 0.717) is 19.7 Å². The van der Waals surface area contributed by atoms with Crippen LogP contribution in [0.5, 0.6) is 0 Å². The van der Waals surface area contributed by atoms with Crippen LogP contribution in [0, 0.1) is 0 Å². The minimum atomic E-state index is -0.403. The van der Waals surface area contributed by atoms with E-state index in [9.17, 15) is 4.79 Å². The van der Waals surface area contributed by atoms with E-state index in [1.807, 2.05) is 30.1 Å². The number of rotatable bonds is 15. The summed E-state index contributed by atoms with van der Waals surface area (Å²) in [4.78, 5) is 23.1. The Morgan fingerprint density at radius 3 is 2.27 bits per heavy atom. The Labute approximate surface area is 223 Å². The summed E-state index contributed by atoms with van der Waals surface area (Å²) in [6.07, 6.45) is 0. The van der Waals surface area contributed by atoms with Crippen molar-refractivity contribution in [3.05, 3.63) is 70.7 Å². The molecular formula is C26H37ClN4O6. The maximum atomic E-state index is 11.9. The van der Waals surface area contributed by atoms with E-state index in [0.717, 1.165) is 37.7 Å². The molecule has 2 aromatic carbocycles. The maximum absolute atomic E-state index is 11.9. The topological polar surface area (TPSA) is 98.2 Å². The molecule has 37 heavy (non-hydrogen) atoms. The van der Waals surface area contributed by atoms with Crippen LogP contribution >= 0.6 is 11.6 Å². The van der Waals surface area contributed by atoms with Crippen molar-refractivity contribution in [3.8, 4) is 0 Å². The van der Waals surface area contributed by atoms with Crippen LogP contribution in [0.2, 0.25) is 5.02 Å². The Morgan fingerprint density at radius 2 is 1.59 bits per heavy atom. The number of piperazine rings is 1. The summed E-state index contributed by atoms with van der Waals surface area (Å²) in [5, 5.41) is 17.4. The van der Waals surface area contributed by atoms with Gasteiger partial charge < -0.3 is 14.4 Å². The van der Waals surface area contributed by atoms with E-state index in [1.54, 1.807) is 0 Å². The average molecular weight is 537 g/mol. The zero-order chi connectivity index (χ0) is 26.5. The summed E-state index contributed by atoms with van der Waals surface area (Å²) in [6, 6.07) is 18.8. The zero-order valence-corrected chi connectivity index (χ0v) is 22.0. The largest absolute Gasteiger partial charge is 0.463 e. The fraction of sp³-hybridized carbons (Fsp3) is 0.500. The Morgan fingerprint density at radius 1 is 0.946 bits per heavy atom. The van der Waals surface area contributed by atoms with E-state index < -0.39 is 5.97 Å². The lowest BCUT2D eigenvalue weighted by atomic mass is 9.96. The minimum Gasteiger partial charge on any atom is -0.463 e. The van der Waals surface area contributed by atoms with Crippen molar-refractivity contribution in [2.45, 2.75) is 6.04 Å². The van der Waals surface area contributed by atoms with Crippen LogP contribution in [-0.2, 0) is 19.1 Å². The van der Waals surface area contributed by atoms with Gasteiger partial charge in [-0.25, -0.2) is 9.63 Å². The molecule has 0 aliphatic carbocycles. The van der Waals surface area contributed by atoms with Gasteiger partial charge in [-0.1, -0.05) is 54.1 Å². The van der Waals surface area contributed by atoms with Crippen molar-refractivity contribution in [3.63, 3.8) is 0 Å². The third kappa shape index (κ3) is 10.6. The second-order valence-electron chi connectivity index (χ2n) is 8.90. The lowest BCUT2D eigenvalue weighted by Gasteiger charge is -2.39. The lowest BCUT2D eigenvalue weighted by molar-refractivity contribution is -0.492. The van der Waals surface area contributed by atoms with Crippen LogP contribution in [0.4, 0.5) is 0 Å². The molecule has 2 N–H and O–H groups in total. The summed E-state index contributed by atoms with van der Waals surface area (Å²) < 4.78 is 10.7. The Kier molecular flexibility index (Phi) is 12.7. The molecule has 10 nitrogen and oxygen atoms in total. The molecule has 1 atom stereocenters. The molecule has 0 radical (unpaired) electrons. The van der Waals surface area contributed by atoms with Crippen LogP contribution in [0.3, 0.4) is 0 Å². The highest BCUT2D eigenvalue weighted by Gasteiger charge is 2.26. The van der Waals surface area contributed by atoms with E-state index in [1.165, 1.54) is 11.1 Å². The van der Waals surface area contributed by atoms with Gasteiger partial charge in [0.1, 0.15) is 13.2 Å². The van der Waals surface area contributed by atoms with Crippen molar-refractivity contribution in [2.24, 2.45) is 0 Å². The van der Waals surface area contributed by atoms with Gasteiger partial charge in [0.05, 0.1) is 24.6 Å². The van der Waals surface area contributed by atoms with E-state index in [-0.39, 0.29) is 31.3 Å². The molecule has 0 spiro atoms. The number of benzene rings is 2. The molecule has 1 fully saturated rings. The highest BCUT2D eigenvalue weighted by Crippen LogP contribution is 2.30. The number of hydrogen-bond donors (Lipinski definition) is 2. The highest BCUT2D eigenvalue weighted by molar-refractivity contribution is 6.30. The minimum absolute atomic E-state index is 0.0799. The number of ether oxygens (including phenoxy) is 2. The fourth-order valence-electron chi connectivity index (χ4n) is 4.24. The second-order valence-corrected chi connectivity index (χ2v) is 9.34. The summed E-state index contributed by atoms with van der Waals surface area (Å²) in [6.45, 7) is 6.11. The van der Waals surface area contributed by atoms with E-state index >= 15 is 0 Å². The smallest absolute Gasteiger partial charge is 0.332 e. The van der Waals surface area contributed by atoms with Gasteiger partial charge in [-0.05, 0) is 30.3 Å². The standard InChI is InChI=1S/C26H37ClN4O6/c1-28(16-20-37-31(33)34)15-19-36-25(32)21-35-18-17-29-11-13-30(14-12-29)26(22-5-3-2-4-6-22)23-7-9-24(27)10-8-23/h2-10,26,33-34H,11-21H2,1H3. The lowest BCUT2D eigenvalue weighted by Crippen LogP contribution is -2.48. The zero-order valence-electron chi connectivity index (χ0n) is 21.2. The van der Waals surface area contributed by atoms with Crippen molar-refractivity contribution < 1.29 is 29.5 Å². The number of hydrogen-bond acceptors (Lipinski definition) is 10. The molecular weight excluding hydrogens is 500 g/mol. The van der Waals surface area contributed by atoms with Crippen molar-refractivity contribution in [2.75, 3.05) is 79.3 Å². The third-order valence-electron chi connectivity index (χ3n) is 6.26. The van der Waals surface area contributed by atoms with E-state index in [2.05, 4.69) is 51.0 Å². The van der Waals surface area contributed by atoms with Crippen molar-refractivity contribution in [1.29, 1.82) is 0 Å². The molecule has 3 rings (SSSR count). The quantitative estimate of drug-likeness (QED) is 0.201. The summed E-state index contributed by atoms with van der Waals surface area (Å²) >= 11 is 6.13. The van der Waals surface area contributed by atoms with Gasteiger partial charge in [-0.3, -0.25) is 20.2 Å². The number of esters is 1. The monoisotopic (exact) mass is 536 g/mol. The molecule has 204 valence electrons. The van der Waals surface area contributed by atoms with Crippen LogP contribution in [-0.4, -0.2) is 116 Å². The molecule has 0 bridgehead atoms. The maximum Gasteiger partial charge on any atom is 0.332 e. The SMILES string of the molecule is CN(CCOC(=O)COCCN1CCN(C(c2ccccc2)c2ccc(Cl)cc2)CC1)CCON(O)O. The Bertz CT molecular complexity index is 913. The summed E-state index contributed by atoms with van der Waals surface area (Å²) in [7, 11) is 1.81. The van der Waals surface area contributed by atoms with Crippen LogP contribution in [0.15, 0.2) is 54.6 Å². The Hall–Kier alpha value is -2.12. The number of carbonyl (C=O) groups excluding carboxylic acids is 1. The van der Waals surface area contributed by atoms with Gasteiger partial charge in [0.25, 0.3) is 0 Å². The molecule has 2 aromatic rings. The molecule has 1 aliphatic heterocycles. The molecule has 1 aliphatic rings. The fourth-order valence-corrected chi connectivity index (χ4v) is 4.36. The number of halogens is 1. The number of nitrogens with zero attached hydrogens (tertiary/aromatic N) is 4.